The molecule has 2 saturated carbocycles. The van der Waals surface area contributed by atoms with E-state index in [-0.39, 0.29) is 12.4 Å². The number of fused-ring (bicyclic) bond motifs is 2. The highest BCUT2D eigenvalue weighted by molar-refractivity contribution is 5.85. The van der Waals surface area contributed by atoms with Crippen LogP contribution >= 0.6 is 12.4 Å². The van der Waals surface area contributed by atoms with Gasteiger partial charge in [-0.25, -0.2) is 0 Å². The van der Waals surface area contributed by atoms with Gasteiger partial charge in [0, 0.05) is 32.1 Å². The van der Waals surface area contributed by atoms with Gasteiger partial charge in [-0.2, -0.15) is 0 Å². The molecule has 1 heterocycles. The van der Waals surface area contributed by atoms with Crippen molar-refractivity contribution in [2.75, 3.05) is 19.6 Å². The lowest BCUT2D eigenvalue weighted by Crippen LogP contribution is -2.52. The lowest BCUT2D eigenvalue weighted by Gasteiger charge is -2.35. The fraction of sp³-hybridized carbons (Fsp3) is 0.929. The molecule has 2 bridgehead atoms. The molecule has 0 aromatic rings. The number of piperazine rings is 1. The first-order chi connectivity index (χ1) is 8.24. The van der Waals surface area contributed by atoms with Crippen molar-refractivity contribution in [1.82, 2.24) is 10.2 Å². The minimum Gasteiger partial charge on any atom is -0.337 e. The summed E-state index contributed by atoms with van der Waals surface area (Å²) in [6, 6.07) is 0.384. The number of nitrogens with one attached hydrogen (secondary N) is 1. The molecule has 0 radical (unpaired) electrons. The van der Waals surface area contributed by atoms with E-state index in [1.165, 1.54) is 25.7 Å². The molecule has 104 valence electrons. The summed E-state index contributed by atoms with van der Waals surface area (Å²) in [7, 11) is 0. The average molecular weight is 273 g/mol. The van der Waals surface area contributed by atoms with Gasteiger partial charge >= 0.3 is 0 Å². The van der Waals surface area contributed by atoms with Gasteiger partial charge in [0.2, 0.25) is 5.91 Å². The number of carbonyl (C=O) groups is 1. The topological polar surface area (TPSA) is 32.3 Å². The number of amides is 1. The molecule has 0 aromatic carbocycles. The maximum Gasteiger partial charge on any atom is 0.223 e. The third kappa shape index (κ3) is 2.67. The number of nitrogens with zero attached hydrogens (tertiary/aromatic N) is 1. The second-order valence-electron chi connectivity index (χ2n) is 6.28. The highest BCUT2D eigenvalue weighted by Crippen LogP contribution is 2.49. The molecule has 3 nitrogen and oxygen atoms in total. The SMILES string of the molecule is C[C@@H]1CNCCN1C(=O)CC1CC2CCC1C2.Cl. The maximum atomic E-state index is 12.3. The summed E-state index contributed by atoms with van der Waals surface area (Å²) >= 11 is 0. The van der Waals surface area contributed by atoms with Crippen LogP contribution in [-0.4, -0.2) is 36.5 Å². The molecule has 3 rings (SSSR count). The summed E-state index contributed by atoms with van der Waals surface area (Å²) < 4.78 is 0. The standard InChI is InChI=1S/C14H24N2O.ClH/c1-10-9-15-4-5-16(10)14(17)8-13-7-11-2-3-12(13)6-11;/h10-13,15H,2-9H2,1H3;1H/t10-,11?,12?,13?;/m1./s1. The first kappa shape index (κ1) is 14.1. The fourth-order valence-corrected chi connectivity index (χ4v) is 4.18. The molecule has 0 aromatic heterocycles. The van der Waals surface area contributed by atoms with Crippen LogP contribution in [-0.2, 0) is 4.79 Å². The largest absolute Gasteiger partial charge is 0.337 e. The van der Waals surface area contributed by atoms with E-state index in [1.54, 1.807) is 0 Å². The Morgan fingerprint density at radius 1 is 1.33 bits per heavy atom. The van der Waals surface area contributed by atoms with E-state index >= 15 is 0 Å². The minimum atomic E-state index is 0. The number of hydrogen-bond donors (Lipinski definition) is 1. The quantitative estimate of drug-likeness (QED) is 0.835. The predicted octanol–water partition coefficient (Wildman–Crippen LogP) is 2.05. The molecule has 4 heteroatoms. The van der Waals surface area contributed by atoms with Crippen molar-refractivity contribution in [2.24, 2.45) is 17.8 Å². The van der Waals surface area contributed by atoms with E-state index < -0.39 is 0 Å². The summed E-state index contributed by atoms with van der Waals surface area (Å²) in [6.45, 7) is 4.99. The van der Waals surface area contributed by atoms with Crippen LogP contribution in [0.25, 0.3) is 0 Å². The van der Waals surface area contributed by atoms with Crippen molar-refractivity contribution in [3.63, 3.8) is 0 Å². The van der Waals surface area contributed by atoms with Crippen LogP contribution in [0.15, 0.2) is 0 Å². The number of rotatable bonds is 2. The molecule has 18 heavy (non-hydrogen) atoms. The number of carbonyl (C=O) groups excluding carboxylic acids is 1. The van der Waals surface area contributed by atoms with Gasteiger partial charge < -0.3 is 10.2 Å². The molecule has 3 aliphatic rings. The molecule has 4 atom stereocenters. The van der Waals surface area contributed by atoms with Crippen molar-refractivity contribution in [3.8, 4) is 0 Å². The molecular formula is C14H25ClN2O. The van der Waals surface area contributed by atoms with Crippen molar-refractivity contribution in [3.05, 3.63) is 0 Å². The Kier molecular flexibility index (Phi) is 4.54. The predicted molar refractivity (Wildman–Crippen MR) is 74.8 cm³/mol. The normalized spacial score (nSPS) is 38.6. The third-order valence-corrected chi connectivity index (χ3v) is 5.14. The molecule has 1 N–H and O–H groups in total. The molecule has 1 saturated heterocycles. The van der Waals surface area contributed by atoms with E-state index in [9.17, 15) is 4.79 Å². The second-order valence-corrected chi connectivity index (χ2v) is 6.28. The third-order valence-electron chi connectivity index (χ3n) is 5.14. The van der Waals surface area contributed by atoms with Gasteiger partial charge in [-0.05, 0) is 43.9 Å². The van der Waals surface area contributed by atoms with Gasteiger partial charge in [0.25, 0.3) is 0 Å². The maximum absolute atomic E-state index is 12.3. The Bertz CT molecular complexity index is 310. The molecule has 0 spiro atoms. The van der Waals surface area contributed by atoms with Crippen molar-refractivity contribution in [1.29, 1.82) is 0 Å². The van der Waals surface area contributed by atoms with Crippen molar-refractivity contribution in [2.45, 2.75) is 45.1 Å². The van der Waals surface area contributed by atoms with Crippen LogP contribution in [0.4, 0.5) is 0 Å². The van der Waals surface area contributed by atoms with E-state index in [1.807, 2.05) is 0 Å². The molecule has 3 fully saturated rings. The highest BCUT2D eigenvalue weighted by atomic mass is 35.5. The molecular weight excluding hydrogens is 248 g/mol. The molecule has 1 aliphatic heterocycles. The van der Waals surface area contributed by atoms with Crippen LogP contribution in [0.1, 0.15) is 39.0 Å². The summed E-state index contributed by atoms with van der Waals surface area (Å²) in [5, 5.41) is 3.35. The van der Waals surface area contributed by atoms with E-state index in [0.717, 1.165) is 37.9 Å². The van der Waals surface area contributed by atoms with Gasteiger partial charge in [0.05, 0.1) is 0 Å². The monoisotopic (exact) mass is 272 g/mol. The molecule has 1 amide bonds. The van der Waals surface area contributed by atoms with Crippen LogP contribution in [0.2, 0.25) is 0 Å². The molecule has 3 unspecified atom stereocenters. The summed E-state index contributed by atoms with van der Waals surface area (Å²) in [5.41, 5.74) is 0. The Morgan fingerprint density at radius 3 is 2.78 bits per heavy atom. The lowest BCUT2D eigenvalue weighted by molar-refractivity contribution is -0.135. The van der Waals surface area contributed by atoms with E-state index in [2.05, 4.69) is 17.1 Å². The zero-order chi connectivity index (χ0) is 11.8. The Balaban J connectivity index is 0.00000120. The van der Waals surface area contributed by atoms with Gasteiger partial charge in [0.1, 0.15) is 0 Å². The number of hydrogen-bond acceptors (Lipinski definition) is 2. The minimum absolute atomic E-state index is 0. The Hall–Kier alpha value is -0.280. The van der Waals surface area contributed by atoms with Crippen LogP contribution in [0.3, 0.4) is 0 Å². The van der Waals surface area contributed by atoms with Crippen molar-refractivity contribution < 1.29 is 4.79 Å². The first-order valence-corrected chi connectivity index (χ1v) is 7.24. The van der Waals surface area contributed by atoms with Gasteiger partial charge in [-0.3, -0.25) is 4.79 Å². The lowest BCUT2D eigenvalue weighted by atomic mass is 9.86. The number of halogens is 1. The van der Waals surface area contributed by atoms with Crippen molar-refractivity contribution >= 4 is 18.3 Å². The zero-order valence-corrected chi connectivity index (χ0v) is 12.0. The van der Waals surface area contributed by atoms with Gasteiger partial charge in [-0.1, -0.05) is 6.42 Å². The highest BCUT2D eigenvalue weighted by Gasteiger charge is 2.41. The van der Waals surface area contributed by atoms with Gasteiger partial charge in [0.15, 0.2) is 0 Å². The average Bonchev–Trinajstić information content (AvgIpc) is 2.91. The van der Waals surface area contributed by atoms with E-state index in [0.29, 0.717) is 17.9 Å². The fourth-order valence-electron chi connectivity index (χ4n) is 4.18. The Morgan fingerprint density at radius 2 is 2.17 bits per heavy atom. The van der Waals surface area contributed by atoms with Crippen LogP contribution in [0.5, 0.6) is 0 Å². The second kappa shape index (κ2) is 5.79. The smallest absolute Gasteiger partial charge is 0.223 e. The molecule has 2 aliphatic carbocycles. The van der Waals surface area contributed by atoms with Crippen LogP contribution < -0.4 is 5.32 Å². The van der Waals surface area contributed by atoms with Gasteiger partial charge in [-0.15, -0.1) is 12.4 Å². The first-order valence-electron chi connectivity index (χ1n) is 7.24. The summed E-state index contributed by atoms with van der Waals surface area (Å²) in [4.78, 5) is 14.4. The summed E-state index contributed by atoms with van der Waals surface area (Å²) in [5.74, 6) is 2.96. The van der Waals surface area contributed by atoms with Crippen LogP contribution in [0, 0.1) is 17.8 Å². The zero-order valence-electron chi connectivity index (χ0n) is 11.2. The Labute approximate surface area is 116 Å². The summed E-state index contributed by atoms with van der Waals surface area (Å²) in [6.07, 6.45) is 6.39. The van der Waals surface area contributed by atoms with E-state index in [4.69, 9.17) is 0 Å².